The predicted molar refractivity (Wildman–Crippen MR) is 65.4 cm³/mol. The Morgan fingerprint density at radius 3 is 2.31 bits per heavy atom. The molecule has 2 atom stereocenters. The van der Waals surface area contributed by atoms with E-state index in [-0.39, 0.29) is 5.60 Å². The van der Waals surface area contributed by atoms with Gasteiger partial charge in [-0.15, -0.1) is 0 Å². The molecule has 2 saturated carbocycles. The van der Waals surface area contributed by atoms with Crippen LogP contribution in [0.15, 0.2) is 0 Å². The van der Waals surface area contributed by atoms with Crippen molar-refractivity contribution in [2.24, 2.45) is 17.3 Å². The molecule has 1 heterocycles. The molecular formula is C14H25NO. The molecule has 2 nitrogen and oxygen atoms in total. The Balaban J connectivity index is 1.46. The summed E-state index contributed by atoms with van der Waals surface area (Å²) < 4.78 is 5.98. The van der Waals surface area contributed by atoms with Crippen molar-refractivity contribution in [1.82, 2.24) is 4.90 Å². The number of likely N-dealkylation sites (tertiary alicyclic amines) is 1. The lowest BCUT2D eigenvalue weighted by Crippen LogP contribution is -2.34. The van der Waals surface area contributed by atoms with E-state index >= 15 is 0 Å². The molecular weight excluding hydrogens is 198 g/mol. The molecule has 3 fully saturated rings. The number of piperidine rings is 1. The molecule has 2 heteroatoms. The number of nitrogens with zero attached hydrogens (tertiary/aromatic N) is 1. The second-order valence-corrected chi connectivity index (χ2v) is 7.35. The number of fused-ring (bicyclic) bond motifs is 1. The summed E-state index contributed by atoms with van der Waals surface area (Å²) in [4.78, 5) is 2.69. The summed E-state index contributed by atoms with van der Waals surface area (Å²) in [6.45, 7) is 11.5. The molecule has 0 spiro atoms. The largest absolute Gasteiger partial charge is 0.375 e. The van der Waals surface area contributed by atoms with Crippen LogP contribution in [0.1, 0.15) is 40.0 Å². The van der Waals surface area contributed by atoms with E-state index in [1.807, 2.05) is 0 Å². The summed E-state index contributed by atoms with van der Waals surface area (Å²) >= 11 is 0. The van der Waals surface area contributed by atoms with E-state index in [4.69, 9.17) is 4.74 Å². The minimum Gasteiger partial charge on any atom is -0.375 e. The molecule has 0 aromatic carbocycles. The van der Waals surface area contributed by atoms with Gasteiger partial charge in [0.1, 0.15) is 0 Å². The Labute approximate surface area is 99.3 Å². The topological polar surface area (TPSA) is 12.5 Å². The van der Waals surface area contributed by atoms with Gasteiger partial charge in [-0.2, -0.15) is 0 Å². The summed E-state index contributed by atoms with van der Waals surface area (Å²) in [7, 11) is 0. The molecule has 0 aromatic rings. The molecule has 0 amide bonds. The number of hydrogen-bond acceptors (Lipinski definition) is 2. The van der Waals surface area contributed by atoms with Crippen LogP contribution in [-0.2, 0) is 4.74 Å². The van der Waals surface area contributed by atoms with Crippen LogP contribution in [0.4, 0.5) is 0 Å². The Morgan fingerprint density at radius 2 is 1.81 bits per heavy atom. The average molecular weight is 223 g/mol. The molecule has 0 N–H and O–H groups in total. The average Bonchev–Trinajstić information content (AvgIpc) is 3.05. The van der Waals surface area contributed by atoms with Gasteiger partial charge in [0.25, 0.3) is 0 Å². The third-order valence-corrected chi connectivity index (χ3v) is 4.38. The first-order chi connectivity index (χ1) is 7.46. The summed E-state index contributed by atoms with van der Waals surface area (Å²) in [5.41, 5.74) is 0.562. The van der Waals surface area contributed by atoms with Crippen LogP contribution in [-0.4, -0.2) is 36.7 Å². The van der Waals surface area contributed by atoms with E-state index < -0.39 is 0 Å². The van der Waals surface area contributed by atoms with Gasteiger partial charge >= 0.3 is 0 Å². The SMILES string of the molecule is CC(C)(C)OCC1(CN2CC3CC3C2)CC1. The van der Waals surface area contributed by atoms with Crippen LogP contribution in [0.5, 0.6) is 0 Å². The van der Waals surface area contributed by atoms with Gasteiger partial charge in [-0.1, -0.05) is 0 Å². The van der Waals surface area contributed by atoms with Gasteiger partial charge in [-0.05, 0) is 51.9 Å². The maximum Gasteiger partial charge on any atom is 0.0598 e. The minimum absolute atomic E-state index is 0.0305. The maximum absolute atomic E-state index is 5.98. The molecule has 0 radical (unpaired) electrons. The summed E-state index contributed by atoms with van der Waals surface area (Å²) in [5, 5.41) is 0. The lowest BCUT2D eigenvalue weighted by atomic mass is 10.1. The van der Waals surface area contributed by atoms with Crippen LogP contribution >= 0.6 is 0 Å². The summed E-state index contributed by atoms with van der Waals surface area (Å²) in [5.74, 6) is 2.14. The molecule has 16 heavy (non-hydrogen) atoms. The van der Waals surface area contributed by atoms with Crippen LogP contribution < -0.4 is 0 Å². The van der Waals surface area contributed by atoms with Crippen molar-refractivity contribution < 1.29 is 4.74 Å². The smallest absolute Gasteiger partial charge is 0.0598 e. The van der Waals surface area contributed by atoms with Crippen LogP contribution in [0.25, 0.3) is 0 Å². The third-order valence-electron chi connectivity index (χ3n) is 4.38. The van der Waals surface area contributed by atoms with Crippen molar-refractivity contribution in [1.29, 1.82) is 0 Å². The zero-order valence-electron chi connectivity index (χ0n) is 11.0. The zero-order valence-corrected chi connectivity index (χ0v) is 11.0. The highest BCUT2D eigenvalue weighted by molar-refractivity contribution is 5.02. The number of ether oxygens (including phenoxy) is 1. The molecule has 2 unspecified atom stereocenters. The molecule has 3 rings (SSSR count). The zero-order chi connectivity index (χ0) is 11.4. The normalized spacial score (nSPS) is 36.2. The van der Waals surface area contributed by atoms with E-state index in [0.717, 1.165) is 18.4 Å². The fraction of sp³-hybridized carbons (Fsp3) is 1.00. The highest BCUT2D eigenvalue weighted by Gasteiger charge is 2.50. The number of hydrogen-bond donors (Lipinski definition) is 0. The lowest BCUT2D eigenvalue weighted by Gasteiger charge is -2.28. The van der Waals surface area contributed by atoms with Crippen LogP contribution in [0, 0.1) is 17.3 Å². The predicted octanol–water partition coefficient (Wildman–Crippen LogP) is 2.53. The molecule has 2 aliphatic carbocycles. The van der Waals surface area contributed by atoms with Gasteiger partial charge in [0, 0.05) is 25.0 Å². The highest BCUT2D eigenvalue weighted by Crippen LogP contribution is 2.51. The van der Waals surface area contributed by atoms with Gasteiger partial charge in [0.2, 0.25) is 0 Å². The first kappa shape index (κ1) is 11.0. The van der Waals surface area contributed by atoms with Gasteiger partial charge in [-0.25, -0.2) is 0 Å². The Morgan fingerprint density at radius 1 is 1.19 bits per heavy atom. The molecule has 1 saturated heterocycles. The standard InChI is InChI=1S/C14H25NO/c1-13(2,3)16-10-14(4-5-14)9-15-7-11-6-12(11)8-15/h11-12H,4-10H2,1-3H3. The Kier molecular flexibility index (Phi) is 2.38. The molecule has 3 aliphatic rings. The number of rotatable bonds is 4. The second kappa shape index (κ2) is 3.46. The first-order valence-electron chi connectivity index (χ1n) is 6.82. The fourth-order valence-corrected chi connectivity index (χ4v) is 2.99. The quantitative estimate of drug-likeness (QED) is 0.726. The molecule has 0 aromatic heterocycles. The van der Waals surface area contributed by atoms with E-state index in [0.29, 0.717) is 5.41 Å². The highest BCUT2D eigenvalue weighted by atomic mass is 16.5. The van der Waals surface area contributed by atoms with Gasteiger partial charge in [-0.3, -0.25) is 0 Å². The van der Waals surface area contributed by atoms with E-state index in [1.165, 1.54) is 38.9 Å². The van der Waals surface area contributed by atoms with Crippen molar-refractivity contribution in [2.45, 2.75) is 45.6 Å². The fourth-order valence-electron chi connectivity index (χ4n) is 2.99. The summed E-state index contributed by atoms with van der Waals surface area (Å²) in [6, 6.07) is 0. The van der Waals surface area contributed by atoms with Crippen LogP contribution in [0.3, 0.4) is 0 Å². The second-order valence-electron chi connectivity index (χ2n) is 7.35. The van der Waals surface area contributed by atoms with E-state index in [2.05, 4.69) is 25.7 Å². The molecule has 92 valence electrons. The maximum atomic E-state index is 5.98. The van der Waals surface area contributed by atoms with Crippen molar-refractivity contribution in [3.8, 4) is 0 Å². The lowest BCUT2D eigenvalue weighted by molar-refractivity contribution is -0.0333. The van der Waals surface area contributed by atoms with Crippen LogP contribution in [0.2, 0.25) is 0 Å². The Bertz CT molecular complexity index is 267. The van der Waals surface area contributed by atoms with Gasteiger partial charge in [0.15, 0.2) is 0 Å². The molecule has 0 bridgehead atoms. The third kappa shape index (κ3) is 2.43. The minimum atomic E-state index is 0.0305. The summed E-state index contributed by atoms with van der Waals surface area (Å²) in [6.07, 6.45) is 4.28. The van der Waals surface area contributed by atoms with Crippen molar-refractivity contribution in [3.63, 3.8) is 0 Å². The molecule has 1 aliphatic heterocycles. The van der Waals surface area contributed by atoms with Crippen molar-refractivity contribution in [3.05, 3.63) is 0 Å². The van der Waals surface area contributed by atoms with Gasteiger partial charge in [0.05, 0.1) is 12.2 Å². The van der Waals surface area contributed by atoms with E-state index in [9.17, 15) is 0 Å². The monoisotopic (exact) mass is 223 g/mol. The Hall–Kier alpha value is -0.0800. The first-order valence-corrected chi connectivity index (χ1v) is 6.82. The van der Waals surface area contributed by atoms with Crippen molar-refractivity contribution >= 4 is 0 Å². The van der Waals surface area contributed by atoms with E-state index in [1.54, 1.807) is 0 Å². The van der Waals surface area contributed by atoms with Crippen molar-refractivity contribution in [2.75, 3.05) is 26.2 Å². The van der Waals surface area contributed by atoms with Gasteiger partial charge < -0.3 is 9.64 Å².